The van der Waals surface area contributed by atoms with Crippen LogP contribution >= 0.6 is 11.6 Å². The minimum Gasteiger partial charge on any atom is -0.391 e. The SMILES string of the molecule is C[C@H](O)[C@H](N)c1ccc(Cl)cc1C(F)(F)F. The molecule has 1 rings (SSSR count). The van der Waals surface area contributed by atoms with Crippen molar-refractivity contribution >= 4 is 11.6 Å². The molecule has 0 aromatic heterocycles. The molecule has 1 aromatic carbocycles. The molecule has 0 fully saturated rings. The molecule has 0 aliphatic carbocycles. The minimum absolute atomic E-state index is 0.0196. The molecule has 90 valence electrons. The zero-order valence-corrected chi connectivity index (χ0v) is 9.18. The Balaban J connectivity index is 3.29. The third-order valence-corrected chi connectivity index (χ3v) is 2.43. The van der Waals surface area contributed by atoms with Crippen LogP contribution in [0.1, 0.15) is 24.1 Å². The highest BCUT2D eigenvalue weighted by atomic mass is 35.5. The second kappa shape index (κ2) is 4.61. The summed E-state index contributed by atoms with van der Waals surface area (Å²) in [5, 5.41) is 9.19. The van der Waals surface area contributed by atoms with Gasteiger partial charge in [0.1, 0.15) is 0 Å². The second-order valence-corrected chi connectivity index (χ2v) is 3.93. The van der Waals surface area contributed by atoms with E-state index in [1.165, 1.54) is 19.1 Å². The van der Waals surface area contributed by atoms with E-state index >= 15 is 0 Å². The Hall–Kier alpha value is -0.780. The molecule has 6 heteroatoms. The van der Waals surface area contributed by atoms with Gasteiger partial charge in [-0.25, -0.2) is 0 Å². The molecule has 16 heavy (non-hydrogen) atoms. The van der Waals surface area contributed by atoms with E-state index in [1.54, 1.807) is 0 Å². The maximum absolute atomic E-state index is 12.7. The Labute approximate surface area is 95.8 Å². The average molecular weight is 254 g/mol. The number of aliphatic hydroxyl groups excluding tert-OH is 1. The van der Waals surface area contributed by atoms with Crippen LogP contribution in [-0.2, 0) is 6.18 Å². The Morgan fingerprint density at radius 2 is 1.94 bits per heavy atom. The molecule has 0 radical (unpaired) electrons. The molecule has 2 nitrogen and oxygen atoms in total. The fourth-order valence-corrected chi connectivity index (χ4v) is 1.50. The van der Waals surface area contributed by atoms with E-state index < -0.39 is 23.9 Å². The molecule has 0 aliphatic heterocycles. The van der Waals surface area contributed by atoms with Crippen LogP contribution in [0.15, 0.2) is 18.2 Å². The Bertz CT molecular complexity index is 379. The zero-order chi connectivity index (χ0) is 12.5. The monoisotopic (exact) mass is 253 g/mol. The summed E-state index contributed by atoms with van der Waals surface area (Å²) in [7, 11) is 0. The standard InChI is InChI=1S/C10H11ClF3NO/c1-5(16)9(15)7-3-2-6(11)4-8(7)10(12,13)14/h2-5,9,16H,15H2,1H3/t5-,9-/m0/s1. The molecular formula is C10H11ClF3NO. The van der Waals surface area contributed by atoms with Crippen molar-refractivity contribution in [2.24, 2.45) is 5.73 Å². The summed E-state index contributed by atoms with van der Waals surface area (Å²) in [5.74, 6) is 0. The maximum Gasteiger partial charge on any atom is 0.416 e. The summed E-state index contributed by atoms with van der Waals surface area (Å²) >= 11 is 5.50. The fourth-order valence-electron chi connectivity index (χ4n) is 1.32. The zero-order valence-electron chi connectivity index (χ0n) is 8.42. The van der Waals surface area contributed by atoms with E-state index in [9.17, 15) is 18.3 Å². The van der Waals surface area contributed by atoms with Crippen LogP contribution in [0.25, 0.3) is 0 Å². The number of rotatable bonds is 2. The van der Waals surface area contributed by atoms with Gasteiger partial charge >= 0.3 is 6.18 Å². The summed E-state index contributed by atoms with van der Waals surface area (Å²) in [4.78, 5) is 0. The van der Waals surface area contributed by atoms with E-state index in [-0.39, 0.29) is 10.6 Å². The topological polar surface area (TPSA) is 46.2 Å². The number of benzene rings is 1. The van der Waals surface area contributed by atoms with Gasteiger partial charge in [0.25, 0.3) is 0 Å². The van der Waals surface area contributed by atoms with E-state index in [0.717, 1.165) is 6.07 Å². The van der Waals surface area contributed by atoms with Gasteiger partial charge < -0.3 is 10.8 Å². The maximum atomic E-state index is 12.7. The molecule has 0 saturated carbocycles. The summed E-state index contributed by atoms with van der Waals surface area (Å²) in [6.07, 6.45) is -5.60. The van der Waals surface area contributed by atoms with E-state index in [4.69, 9.17) is 17.3 Å². The number of aliphatic hydroxyl groups is 1. The molecule has 1 aromatic rings. The molecule has 0 aliphatic rings. The summed E-state index contributed by atoms with van der Waals surface area (Å²) in [5.41, 5.74) is 4.42. The van der Waals surface area contributed by atoms with Crippen molar-refractivity contribution in [1.29, 1.82) is 0 Å². The van der Waals surface area contributed by atoms with Crippen molar-refractivity contribution in [2.45, 2.75) is 25.2 Å². The predicted octanol–water partition coefficient (Wildman–Crippen LogP) is 2.74. The molecular weight excluding hydrogens is 243 g/mol. The molecule has 0 unspecified atom stereocenters. The number of halogens is 4. The lowest BCUT2D eigenvalue weighted by molar-refractivity contribution is -0.138. The Kier molecular flexibility index (Phi) is 3.83. The van der Waals surface area contributed by atoms with Gasteiger partial charge in [-0.1, -0.05) is 17.7 Å². The van der Waals surface area contributed by atoms with Crippen molar-refractivity contribution in [2.75, 3.05) is 0 Å². The highest BCUT2D eigenvalue weighted by Crippen LogP contribution is 2.36. The van der Waals surface area contributed by atoms with E-state index in [1.807, 2.05) is 0 Å². The lowest BCUT2D eigenvalue weighted by Gasteiger charge is -2.20. The molecule has 0 bridgehead atoms. The van der Waals surface area contributed by atoms with Gasteiger partial charge in [0.15, 0.2) is 0 Å². The smallest absolute Gasteiger partial charge is 0.391 e. The first-order chi connectivity index (χ1) is 7.23. The van der Waals surface area contributed by atoms with Crippen molar-refractivity contribution < 1.29 is 18.3 Å². The Morgan fingerprint density at radius 3 is 2.38 bits per heavy atom. The quantitative estimate of drug-likeness (QED) is 0.851. The van der Waals surface area contributed by atoms with E-state index in [2.05, 4.69) is 0 Å². The first kappa shape index (κ1) is 13.3. The lowest BCUT2D eigenvalue weighted by Crippen LogP contribution is -2.26. The summed E-state index contributed by atoms with van der Waals surface area (Å²) < 4.78 is 38.0. The first-order valence-electron chi connectivity index (χ1n) is 4.53. The largest absolute Gasteiger partial charge is 0.416 e. The summed E-state index contributed by atoms with van der Waals surface area (Å²) in [6.45, 7) is 1.33. The van der Waals surface area contributed by atoms with Crippen LogP contribution in [0.5, 0.6) is 0 Å². The molecule has 2 atom stereocenters. The molecule has 0 saturated heterocycles. The van der Waals surface area contributed by atoms with Crippen LogP contribution in [0.3, 0.4) is 0 Å². The van der Waals surface area contributed by atoms with Gasteiger partial charge in [-0.15, -0.1) is 0 Å². The van der Waals surface area contributed by atoms with Crippen LogP contribution in [0.4, 0.5) is 13.2 Å². The minimum atomic E-state index is -4.53. The highest BCUT2D eigenvalue weighted by Gasteiger charge is 2.35. The highest BCUT2D eigenvalue weighted by molar-refractivity contribution is 6.30. The number of alkyl halides is 3. The van der Waals surface area contributed by atoms with Gasteiger partial charge in [0.05, 0.1) is 17.7 Å². The normalized spacial score (nSPS) is 15.9. The second-order valence-electron chi connectivity index (χ2n) is 3.50. The summed E-state index contributed by atoms with van der Waals surface area (Å²) in [6, 6.07) is 2.21. The van der Waals surface area contributed by atoms with Crippen molar-refractivity contribution in [3.8, 4) is 0 Å². The number of hydrogen-bond acceptors (Lipinski definition) is 2. The van der Waals surface area contributed by atoms with Crippen molar-refractivity contribution in [3.05, 3.63) is 34.3 Å². The van der Waals surface area contributed by atoms with Gasteiger partial charge in [0, 0.05) is 5.02 Å². The number of hydrogen-bond donors (Lipinski definition) is 2. The Morgan fingerprint density at radius 1 is 1.38 bits per heavy atom. The van der Waals surface area contributed by atoms with Crippen LogP contribution in [0.2, 0.25) is 5.02 Å². The third-order valence-electron chi connectivity index (χ3n) is 2.20. The third kappa shape index (κ3) is 2.87. The van der Waals surface area contributed by atoms with Crippen LogP contribution in [-0.4, -0.2) is 11.2 Å². The molecule has 0 spiro atoms. The van der Waals surface area contributed by atoms with Gasteiger partial charge in [-0.05, 0) is 24.6 Å². The van der Waals surface area contributed by atoms with E-state index in [0.29, 0.717) is 0 Å². The molecule has 0 amide bonds. The average Bonchev–Trinajstić information content (AvgIpc) is 2.15. The van der Waals surface area contributed by atoms with Crippen LogP contribution in [0, 0.1) is 0 Å². The van der Waals surface area contributed by atoms with Crippen LogP contribution < -0.4 is 5.73 Å². The lowest BCUT2D eigenvalue weighted by atomic mass is 9.97. The van der Waals surface area contributed by atoms with Crippen molar-refractivity contribution in [1.82, 2.24) is 0 Å². The molecule has 0 heterocycles. The van der Waals surface area contributed by atoms with Gasteiger partial charge in [-0.2, -0.15) is 13.2 Å². The number of nitrogens with two attached hydrogens (primary N) is 1. The van der Waals surface area contributed by atoms with Gasteiger partial charge in [-0.3, -0.25) is 0 Å². The first-order valence-corrected chi connectivity index (χ1v) is 4.91. The molecule has 3 N–H and O–H groups in total. The fraction of sp³-hybridized carbons (Fsp3) is 0.400. The predicted molar refractivity (Wildman–Crippen MR) is 55.1 cm³/mol. The van der Waals surface area contributed by atoms with Gasteiger partial charge in [0.2, 0.25) is 0 Å². The van der Waals surface area contributed by atoms with Crippen molar-refractivity contribution in [3.63, 3.8) is 0 Å².